The van der Waals surface area contributed by atoms with Gasteiger partial charge in [0.1, 0.15) is 11.2 Å². The van der Waals surface area contributed by atoms with Crippen LogP contribution in [0.3, 0.4) is 0 Å². The number of nitrogens with one attached hydrogen (secondary N) is 2. The normalized spacial score (nSPS) is 20.0. The molecule has 0 saturated carbocycles. The highest BCUT2D eigenvalue weighted by atomic mass is 19.4. The van der Waals surface area contributed by atoms with Gasteiger partial charge in [0.05, 0.1) is 17.4 Å². The van der Waals surface area contributed by atoms with Crippen LogP contribution in [0.15, 0.2) is 48.7 Å². The van der Waals surface area contributed by atoms with Crippen molar-refractivity contribution in [1.82, 2.24) is 9.78 Å². The van der Waals surface area contributed by atoms with E-state index < -0.39 is 17.2 Å². The molecule has 0 aliphatic carbocycles. The Hall–Kier alpha value is -3.62. The third-order valence-electron chi connectivity index (χ3n) is 5.62. The van der Waals surface area contributed by atoms with Crippen LogP contribution in [0.25, 0.3) is 5.69 Å². The highest BCUT2D eigenvalue weighted by Crippen LogP contribution is 2.50. The number of hydrogen-bond acceptors (Lipinski definition) is 3. The van der Waals surface area contributed by atoms with E-state index in [0.717, 1.165) is 17.7 Å². The summed E-state index contributed by atoms with van der Waals surface area (Å²) in [5.74, 6) is -0.428. The number of benzene rings is 2. The van der Waals surface area contributed by atoms with E-state index in [1.807, 2.05) is 19.1 Å². The van der Waals surface area contributed by atoms with E-state index in [9.17, 15) is 22.8 Å². The molecule has 2 N–H and O–H groups in total. The lowest BCUT2D eigenvalue weighted by Gasteiger charge is -2.31. The molecule has 6 nitrogen and oxygen atoms in total. The number of nitrogens with zero attached hydrogens (tertiary/aromatic N) is 2. The SMILES string of the molecule is Cc1ccc2c(c1)[C@@]1(CC(=O)Nc3c1cnn3-c1ccc(C(F)(F)F)cc1)C(=O)N2. The van der Waals surface area contributed by atoms with Crippen molar-refractivity contribution in [1.29, 1.82) is 0 Å². The molecule has 0 unspecified atom stereocenters. The molecular weight excluding hydrogens is 397 g/mol. The standard InChI is InChI=1S/C21H15F3N4O2/c1-11-2-7-16-14(8-11)20(19(30)26-16)9-17(29)27-18-15(20)10-25-28(18)13-5-3-12(4-6-13)21(22,23)24/h2-8,10H,9H2,1H3,(H,26,30)(H,27,29)/t20-/m1/s1. The van der Waals surface area contributed by atoms with Gasteiger partial charge in [-0.2, -0.15) is 18.3 Å². The molecule has 2 aliphatic heterocycles. The summed E-state index contributed by atoms with van der Waals surface area (Å²) in [5.41, 5.74) is 1.08. The van der Waals surface area contributed by atoms with E-state index in [1.54, 1.807) is 6.07 Å². The largest absolute Gasteiger partial charge is 0.416 e. The van der Waals surface area contributed by atoms with Gasteiger partial charge in [0.2, 0.25) is 11.8 Å². The van der Waals surface area contributed by atoms with Crippen molar-refractivity contribution in [2.75, 3.05) is 10.6 Å². The molecule has 3 aromatic rings. The minimum absolute atomic E-state index is 0.0823. The van der Waals surface area contributed by atoms with Gasteiger partial charge in [0.25, 0.3) is 0 Å². The number of carbonyl (C=O) groups excluding carboxylic acids is 2. The van der Waals surface area contributed by atoms with Crippen LogP contribution in [-0.2, 0) is 21.2 Å². The highest BCUT2D eigenvalue weighted by molar-refractivity contribution is 6.14. The average Bonchev–Trinajstić information content (AvgIpc) is 3.22. The molecular formula is C21H15F3N4O2. The van der Waals surface area contributed by atoms with Crippen molar-refractivity contribution in [3.8, 4) is 5.69 Å². The predicted molar refractivity (Wildman–Crippen MR) is 102 cm³/mol. The van der Waals surface area contributed by atoms with Crippen LogP contribution in [0.4, 0.5) is 24.7 Å². The van der Waals surface area contributed by atoms with Gasteiger partial charge in [-0.15, -0.1) is 0 Å². The molecule has 5 rings (SSSR count). The fourth-order valence-corrected chi connectivity index (χ4v) is 4.20. The van der Waals surface area contributed by atoms with Crippen LogP contribution in [0.5, 0.6) is 0 Å². The lowest BCUT2D eigenvalue weighted by Crippen LogP contribution is -2.43. The predicted octanol–water partition coefficient (Wildman–Crippen LogP) is 3.78. The summed E-state index contributed by atoms with van der Waals surface area (Å²) in [5, 5.41) is 9.85. The lowest BCUT2D eigenvalue weighted by molar-refractivity contribution is -0.137. The number of halogens is 3. The number of fused-ring (bicyclic) bond motifs is 4. The number of rotatable bonds is 1. The van der Waals surface area contributed by atoms with Gasteiger partial charge in [-0.05, 0) is 42.8 Å². The molecule has 0 bridgehead atoms. The fraction of sp³-hybridized carbons (Fsp3) is 0.190. The van der Waals surface area contributed by atoms with Gasteiger partial charge in [-0.3, -0.25) is 9.59 Å². The number of aryl methyl sites for hydroxylation is 1. The second kappa shape index (κ2) is 5.94. The van der Waals surface area contributed by atoms with Crippen LogP contribution >= 0.6 is 0 Å². The molecule has 1 aromatic heterocycles. The monoisotopic (exact) mass is 412 g/mol. The van der Waals surface area contributed by atoms with E-state index in [-0.39, 0.29) is 24.1 Å². The van der Waals surface area contributed by atoms with Crippen LogP contribution in [0, 0.1) is 6.92 Å². The van der Waals surface area contributed by atoms with Gasteiger partial charge < -0.3 is 10.6 Å². The maximum absolute atomic E-state index is 13.1. The summed E-state index contributed by atoms with van der Waals surface area (Å²) in [6.45, 7) is 1.90. The minimum Gasteiger partial charge on any atom is -0.325 e. The van der Waals surface area contributed by atoms with Gasteiger partial charge in [-0.1, -0.05) is 17.7 Å². The Bertz CT molecular complexity index is 1210. The molecule has 9 heteroatoms. The molecule has 0 fully saturated rings. The maximum atomic E-state index is 13.1. The number of anilines is 2. The van der Waals surface area contributed by atoms with E-state index in [2.05, 4.69) is 15.7 Å². The second-order valence-electron chi connectivity index (χ2n) is 7.50. The molecule has 152 valence electrons. The van der Waals surface area contributed by atoms with Crippen LogP contribution in [-0.4, -0.2) is 21.6 Å². The Labute approximate surface area is 168 Å². The Balaban J connectivity index is 1.68. The van der Waals surface area contributed by atoms with E-state index in [0.29, 0.717) is 22.5 Å². The first kappa shape index (κ1) is 18.4. The minimum atomic E-state index is -4.45. The zero-order valence-corrected chi connectivity index (χ0v) is 15.7. The number of aromatic nitrogens is 2. The zero-order chi connectivity index (χ0) is 21.3. The zero-order valence-electron chi connectivity index (χ0n) is 15.7. The fourth-order valence-electron chi connectivity index (χ4n) is 4.20. The summed E-state index contributed by atoms with van der Waals surface area (Å²) < 4.78 is 40.0. The molecule has 2 aliphatic rings. The Morgan fingerprint density at radius 2 is 1.77 bits per heavy atom. The Morgan fingerprint density at radius 3 is 2.47 bits per heavy atom. The molecule has 2 aromatic carbocycles. The van der Waals surface area contributed by atoms with Crippen LogP contribution < -0.4 is 10.6 Å². The number of amides is 2. The lowest BCUT2D eigenvalue weighted by atomic mass is 9.71. The molecule has 0 radical (unpaired) electrons. The number of hydrogen-bond donors (Lipinski definition) is 2. The summed E-state index contributed by atoms with van der Waals surface area (Å²) in [6, 6.07) is 9.98. The summed E-state index contributed by atoms with van der Waals surface area (Å²) >= 11 is 0. The van der Waals surface area contributed by atoms with Crippen LogP contribution in [0.1, 0.15) is 28.7 Å². The molecule has 0 saturated heterocycles. The summed E-state index contributed by atoms with van der Waals surface area (Å²) in [7, 11) is 0. The Kier molecular flexibility index (Phi) is 3.65. The molecule has 30 heavy (non-hydrogen) atoms. The maximum Gasteiger partial charge on any atom is 0.416 e. The summed E-state index contributed by atoms with van der Waals surface area (Å²) in [6.07, 6.45) is -3.05. The molecule has 2 amide bonds. The average molecular weight is 412 g/mol. The topological polar surface area (TPSA) is 76.0 Å². The molecule has 1 atom stereocenters. The number of alkyl halides is 3. The van der Waals surface area contributed by atoms with Crippen molar-refractivity contribution >= 4 is 23.3 Å². The van der Waals surface area contributed by atoms with Crippen molar-refractivity contribution < 1.29 is 22.8 Å². The summed E-state index contributed by atoms with van der Waals surface area (Å²) in [4.78, 5) is 25.7. The van der Waals surface area contributed by atoms with Gasteiger partial charge in [-0.25, -0.2) is 4.68 Å². The first-order valence-electron chi connectivity index (χ1n) is 9.19. The highest BCUT2D eigenvalue weighted by Gasteiger charge is 2.54. The third kappa shape index (κ3) is 2.47. The van der Waals surface area contributed by atoms with Crippen molar-refractivity contribution in [3.63, 3.8) is 0 Å². The van der Waals surface area contributed by atoms with Crippen molar-refractivity contribution in [2.45, 2.75) is 24.9 Å². The Morgan fingerprint density at radius 1 is 1.03 bits per heavy atom. The van der Waals surface area contributed by atoms with E-state index in [1.165, 1.54) is 23.0 Å². The second-order valence-corrected chi connectivity index (χ2v) is 7.50. The van der Waals surface area contributed by atoms with Crippen molar-refractivity contribution in [2.24, 2.45) is 0 Å². The van der Waals surface area contributed by atoms with Gasteiger partial charge >= 0.3 is 6.18 Å². The smallest absolute Gasteiger partial charge is 0.325 e. The third-order valence-corrected chi connectivity index (χ3v) is 5.62. The van der Waals surface area contributed by atoms with Crippen molar-refractivity contribution in [3.05, 3.63) is 70.9 Å². The quantitative estimate of drug-likeness (QED) is 0.639. The van der Waals surface area contributed by atoms with E-state index >= 15 is 0 Å². The molecule has 3 heterocycles. The first-order chi connectivity index (χ1) is 14.2. The molecule has 1 spiro atoms. The first-order valence-corrected chi connectivity index (χ1v) is 9.19. The van der Waals surface area contributed by atoms with E-state index in [4.69, 9.17) is 0 Å². The van der Waals surface area contributed by atoms with Crippen LogP contribution in [0.2, 0.25) is 0 Å². The van der Waals surface area contributed by atoms with Gasteiger partial charge in [0, 0.05) is 17.7 Å². The van der Waals surface area contributed by atoms with Gasteiger partial charge in [0.15, 0.2) is 0 Å². The number of carbonyl (C=O) groups is 2.